The number of imidazole rings is 1. The van der Waals surface area contributed by atoms with Gasteiger partial charge in [-0.15, -0.1) is 0 Å². The van der Waals surface area contributed by atoms with E-state index in [0.29, 0.717) is 12.1 Å². The maximum atomic E-state index is 13.1. The first-order chi connectivity index (χ1) is 13.7. The van der Waals surface area contributed by atoms with Gasteiger partial charge in [0.2, 0.25) is 0 Å². The minimum atomic E-state index is -0.263. The second kappa shape index (κ2) is 7.00. The number of amides is 1. The minimum absolute atomic E-state index is 0.0876. The van der Waals surface area contributed by atoms with Crippen molar-refractivity contribution in [1.82, 2.24) is 14.7 Å². The third-order valence-corrected chi connectivity index (χ3v) is 6.03. The summed E-state index contributed by atoms with van der Waals surface area (Å²) in [5.41, 5.74) is 3.30. The molecular weight excluding hydrogens is 377 g/mol. The van der Waals surface area contributed by atoms with Crippen LogP contribution in [0.3, 0.4) is 0 Å². The van der Waals surface area contributed by atoms with Gasteiger partial charge in [-0.05, 0) is 55.3 Å². The van der Waals surface area contributed by atoms with Crippen LogP contribution < -0.4 is 5.32 Å². The fourth-order valence-electron chi connectivity index (χ4n) is 3.52. The van der Waals surface area contributed by atoms with E-state index >= 15 is 0 Å². The maximum absolute atomic E-state index is 13.1. The Labute approximate surface area is 164 Å². The number of carbonyl (C=O) groups is 1. The summed E-state index contributed by atoms with van der Waals surface area (Å²) in [5.74, 6) is -0.351. The molecule has 1 atom stereocenters. The van der Waals surface area contributed by atoms with Crippen LogP contribution in [-0.2, 0) is 4.74 Å². The molecule has 5 nitrogen and oxygen atoms in total. The molecule has 1 fully saturated rings. The molecule has 3 heterocycles. The number of benzene rings is 2. The molecular formula is C21H18FN3O2S. The van der Waals surface area contributed by atoms with Gasteiger partial charge in [0.15, 0.2) is 4.96 Å². The average Bonchev–Trinajstić information content (AvgIpc) is 3.42. The normalized spacial score (nSPS) is 16.8. The molecule has 0 saturated carbocycles. The lowest BCUT2D eigenvalue weighted by molar-refractivity contribution is 0.0858. The third kappa shape index (κ3) is 3.16. The smallest absolute Gasteiger partial charge is 0.251 e. The van der Waals surface area contributed by atoms with E-state index in [1.165, 1.54) is 23.5 Å². The Morgan fingerprint density at radius 2 is 2.14 bits per heavy atom. The summed E-state index contributed by atoms with van der Waals surface area (Å²) in [7, 11) is 0. The van der Waals surface area contributed by atoms with Crippen molar-refractivity contribution in [3.8, 4) is 11.3 Å². The third-order valence-electron chi connectivity index (χ3n) is 5.01. The average molecular weight is 395 g/mol. The van der Waals surface area contributed by atoms with Crippen molar-refractivity contribution in [3.63, 3.8) is 0 Å². The second-order valence-corrected chi connectivity index (χ2v) is 7.92. The Balaban J connectivity index is 1.41. The molecule has 1 aliphatic rings. The van der Waals surface area contributed by atoms with Crippen molar-refractivity contribution in [2.45, 2.75) is 18.9 Å². The summed E-state index contributed by atoms with van der Waals surface area (Å²) >= 11 is 1.53. The largest absolute Gasteiger partial charge is 0.376 e. The van der Waals surface area contributed by atoms with Gasteiger partial charge >= 0.3 is 0 Å². The Hall–Kier alpha value is -2.77. The predicted molar refractivity (Wildman–Crippen MR) is 107 cm³/mol. The Morgan fingerprint density at radius 1 is 1.29 bits per heavy atom. The lowest BCUT2D eigenvalue weighted by Crippen LogP contribution is -2.31. The highest BCUT2D eigenvalue weighted by Crippen LogP contribution is 2.30. The van der Waals surface area contributed by atoms with Crippen LogP contribution >= 0.6 is 11.3 Å². The number of thiazole rings is 1. The van der Waals surface area contributed by atoms with Crippen LogP contribution in [0.5, 0.6) is 0 Å². The van der Waals surface area contributed by atoms with Gasteiger partial charge in [0, 0.05) is 30.5 Å². The van der Waals surface area contributed by atoms with Gasteiger partial charge in [0.25, 0.3) is 5.91 Å². The fraction of sp³-hybridized carbons (Fsp3) is 0.238. The number of hydrogen-bond acceptors (Lipinski definition) is 4. The van der Waals surface area contributed by atoms with Crippen LogP contribution in [0.1, 0.15) is 23.2 Å². The maximum Gasteiger partial charge on any atom is 0.251 e. The van der Waals surface area contributed by atoms with Crippen LogP contribution in [0.4, 0.5) is 4.39 Å². The molecule has 1 aliphatic heterocycles. The number of nitrogens with zero attached hydrogens (tertiary/aromatic N) is 2. The molecule has 0 aliphatic carbocycles. The van der Waals surface area contributed by atoms with Crippen LogP contribution in [0.2, 0.25) is 0 Å². The molecule has 1 saturated heterocycles. The van der Waals surface area contributed by atoms with Gasteiger partial charge < -0.3 is 10.1 Å². The lowest BCUT2D eigenvalue weighted by Gasteiger charge is -2.10. The number of halogens is 1. The van der Waals surface area contributed by atoms with E-state index in [0.717, 1.165) is 45.9 Å². The topological polar surface area (TPSA) is 55.6 Å². The summed E-state index contributed by atoms with van der Waals surface area (Å²) in [6, 6.07) is 12.0. The van der Waals surface area contributed by atoms with Crippen molar-refractivity contribution in [3.05, 3.63) is 60.0 Å². The zero-order valence-electron chi connectivity index (χ0n) is 15.0. The van der Waals surface area contributed by atoms with Crippen LogP contribution in [-0.4, -0.2) is 34.5 Å². The molecule has 5 rings (SSSR count). The summed E-state index contributed by atoms with van der Waals surface area (Å²) in [4.78, 5) is 17.9. The Bertz CT molecular complexity index is 1160. The van der Waals surface area contributed by atoms with Crippen molar-refractivity contribution in [2.24, 2.45) is 0 Å². The van der Waals surface area contributed by atoms with Crippen molar-refractivity contribution >= 4 is 32.4 Å². The number of fused-ring (bicyclic) bond motifs is 3. The van der Waals surface area contributed by atoms with E-state index in [1.807, 2.05) is 28.8 Å². The molecule has 4 aromatic rings. The van der Waals surface area contributed by atoms with Crippen molar-refractivity contribution in [1.29, 1.82) is 0 Å². The molecule has 2 aromatic carbocycles. The number of aromatic nitrogens is 2. The number of hydrogen-bond donors (Lipinski definition) is 1. The van der Waals surface area contributed by atoms with E-state index in [4.69, 9.17) is 4.74 Å². The van der Waals surface area contributed by atoms with E-state index in [1.54, 1.807) is 12.1 Å². The molecule has 1 amide bonds. The first-order valence-corrected chi connectivity index (χ1v) is 10.1. The van der Waals surface area contributed by atoms with E-state index < -0.39 is 0 Å². The lowest BCUT2D eigenvalue weighted by atomic mass is 10.1. The number of ether oxygens (including phenoxy) is 1. The SMILES string of the molecule is O=C(NCC1CCCO1)c1ccc2c(c1)sc1nc(-c3ccc(F)cc3)cn12. The zero-order valence-corrected chi connectivity index (χ0v) is 15.8. The molecule has 2 aromatic heterocycles. The van der Waals surface area contributed by atoms with Crippen LogP contribution in [0.25, 0.3) is 26.4 Å². The first kappa shape index (κ1) is 17.3. The van der Waals surface area contributed by atoms with Gasteiger partial charge in [-0.2, -0.15) is 0 Å². The zero-order chi connectivity index (χ0) is 19.1. The summed E-state index contributed by atoms with van der Waals surface area (Å²) in [5, 5.41) is 2.96. The van der Waals surface area contributed by atoms with E-state index in [2.05, 4.69) is 10.3 Å². The predicted octanol–water partition coefficient (Wildman–Crippen LogP) is 4.26. The Morgan fingerprint density at radius 3 is 2.93 bits per heavy atom. The van der Waals surface area contributed by atoms with E-state index in [9.17, 15) is 9.18 Å². The highest BCUT2D eigenvalue weighted by Gasteiger charge is 2.17. The second-order valence-electron chi connectivity index (χ2n) is 6.92. The van der Waals surface area contributed by atoms with Gasteiger partial charge in [-0.3, -0.25) is 9.20 Å². The van der Waals surface area contributed by atoms with Gasteiger partial charge in [-0.25, -0.2) is 9.37 Å². The Kier molecular flexibility index (Phi) is 4.33. The van der Waals surface area contributed by atoms with Crippen molar-refractivity contribution in [2.75, 3.05) is 13.2 Å². The molecule has 142 valence electrons. The quantitative estimate of drug-likeness (QED) is 0.562. The fourth-order valence-corrected chi connectivity index (χ4v) is 4.56. The molecule has 7 heteroatoms. The summed E-state index contributed by atoms with van der Waals surface area (Å²) < 4.78 is 21.7. The minimum Gasteiger partial charge on any atom is -0.376 e. The highest BCUT2D eigenvalue weighted by atomic mass is 32.1. The van der Waals surface area contributed by atoms with Crippen LogP contribution in [0.15, 0.2) is 48.7 Å². The van der Waals surface area contributed by atoms with Crippen molar-refractivity contribution < 1.29 is 13.9 Å². The molecule has 28 heavy (non-hydrogen) atoms. The highest BCUT2D eigenvalue weighted by molar-refractivity contribution is 7.23. The van der Waals surface area contributed by atoms with E-state index in [-0.39, 0.29) is 17.8 Å². The molecule has 1 N–H and O–H groups in total. The molecule has 0 radical (unpaired) electrons. The van der Waals surface area contributed by atoms with Gasteiger partial charge in [-0.1, -0.05) is 11.3 Å². The standard InChI is InChI=1S/C21H18FN3O2S/c22-15-6-3-13(4-7-15)17-12-25-18-8-5-14(10-19(18)28-21(25)24-17)20(26)23-11-16-2-1-9-27-16/h3-8,10,12,16H,1-2,9,11H2,(H,23,26). The molecule has 0 bridgehead atoms. The first-order valence-electron chi connectivity index (χ1n) is 9.25. The molecule has 0 spiro atoms. The molecule has 1 unspecified atom stereocenters. The number of rotatable bonds is 4. The van der Waals surface area contributed by atoms with Gasteiger partial charge in [0.05, 0.1) is 22.0 Å². The number of carbonyl (C=O) groups excluding carboxylic acids is 1. The summed E-state index contributed by atoms with van der Waals surface area (Å²) in [6.07, 6.45) is 4.13. The van der Waals surface area contributed by atoms with Gasteiger partial charge in [0.1, 0.15) is 5.82 Å². The number of nitrogens with one attached hydrogen (secondary N) is 1. The monoisotopic (exact) mass is 395 g/mol. The summed E-state index contributed by atoms with van der Waals surface area (Å²) in [6.45, 7) is 1.33. The van der Waals surface area contributed by atoms with Crippen LogP contribution in [0, 0.1) is 5.82 Å².